The molecule has 0 saturated carbocycles. The van der Waals surface area contributed by atoms with Gasteiger partial charge in [-0.1, -0.05) is 25.1 Å². The van der Waals surface area contributed by atoms with Crippen molar-refractivity contribution in [2.24, 2.45) is 4.99 Å². The summed E-state index contributed by atoms with van der Waals surface area (Å²) in [7, 11) is 1.86. The number of aliphatic imine (C=N–C) groups is 1. The number of nitrogens with zero attached hydrogens (tertiary/aromatic N) is 3. The second kappa shape index (κ2) is 7.02. The summed E-state index contributed by atoms with van der Waals surface area (Å²) >= 11 is 0. The Hall–Kier alpha value is -1.71. The van der Waals surface area contributed by atoms with E-state index in [1.54, 1.807) is 0 Å². The van der Waals surface area contributed by atoms with Crippen LogP contribution in [0.1, 0.15) is 13.3 Å². The Balaban J connectivity index is 1.88. The van der Waals surface area contributed by atoms with Gasteiger partial charge in [0, 0.05) is 45.5 Å². The minimum absolute atomic E-state index is 0.992. The van der Waals surface area contributed by atoms with Crippen LogP contribution < -0.4 is 10.2 Å². The third kappa shape index (κ3) is 3.63. The first-order valence-electron chi connectivity index (χ1n) is 7.10. The van der Waals surface area contributed by atoms with Gasteiger partial charge in [0.2, 0.25) is 0 Å². The molecule has 1 aromatic carbocycles. The van der Waals surface area contributed by atoms with Crippen LogP contribution in [-0.2, 0) is 0 Å². The summed E-state index contributed by atoms with van der Waals surface area (Å²) in [5, 5.41) is 3.40. The van der Waals surface area contributed by atoms with Crippen LogP contribution in [0.2, 0.25) is 0 Å². The molecule has 19 heavy (non-hydrogen) atoms. The fraction of sp³-hybridized carbons (Fsp3) is 0.533. The van der Waals surface area contributed by atoms with Crippen molar-refractivity contribution in [2.45, 2.75) is 13.3 Å². The van der Waals surface area contributed by atoms with Crippen LogP contribution in [0.25, 0.3) is 0 Å². The average molecular weight is 260 g/mol. The summed E-state index contributed by atoms with van der Waals surface area (Å²) < 4.78 is 0. The number of hydrogen-bond acceptors (Lipinski definition) is 2. The van der Waals surface area contributed by atoms with Gasteiger partial charge in [0.05, 0.1) is 0 Å². The fourth-order valence-corrected chi connectivity index (χ4v) is 2.38. The maximum absolute atomic E-state index is 4.36. The Morgan fingerprint density at radius 2 is 1.84 bits per heavy atom. The van der Waals surface area contributed by atoms with Gasteiger partial charge in [0.1, 0.15) is 0 Å². The topological polar surface area (TPSA) is 30.9 Å². The zero-order valence-electron chi connectivity index (χ0n) is 12.0. The predicted molar refractivity (Wildman–Crippen MR) is 81.9 cm³/mol. The highest BCUT2D eigenvalue weighted by molar-refractivity contribution is 5.80. The Kier molecular flexibility index (Phi) is 5.07. The monoisotopic (exact) mass is 260 g/mol. The molecule has 104 valence electrons. The van der Waals surface area contributed by atoms with Gasteiger partial charge in [-0.05, 0) is 18.6 Å². The largest absolute Gasteiger partial charge is 0.368 e. The molecule has 0 bridgehead atoms. The smallest absolute Gasteiger partial charge is 0.193 e. The van der Waals surface area contributed by atoms with Gasteiger partial charge in [-0.2, -0.15) is 0 Å². The van der Waals surface area contributed by atoms with Crippen LogP contribution in [0.3, 0.4) is 0 Å². The number of hydrogen-bond donors (Lipinski definition) is 1. The molecule has 2 rings (SSSR count). The molecule has 0 radical (unpaired) electrons. The normalized spacial score (nSPS) is 16.6. The van der Waals surface area contributed by atoms with E-state index in [9.17, 15) is 0 Å². The highest BCUT2D eigenvalue weighted by atomic mass is 15.3. The van der Waals surface area contributed by atoms with Gasteiger partial charge in [0.15, 0.2) is 5.96 Å². The second-order valence-corrected chi connectivity index (χ2v) is 4.78. The molecule has 1 saturated heterocycles. The number of benzene rings is 1. The molecule has 0 aromatic heterocycles. The minimum Gasteiger partial charge on any atom is -0.368 e. The van der Waals surface area contributed by atoms with Crippen LogP contribution in [0.15, 0.2) is 35.3 Å². The Labute approximate surface area is 116 Å². The highest BCUT2D eigenvalue weighted by Crippen LogP contribution is 2.15. The summed E-state index contributed by atoms with van der Waals surface area (Å²) in [6.07, 6.45) is 1.13. The fourth-order valence-electron chi connectivity index (χ4n) is 2.38. The molecule has 1 aliphatic rings. The van der Waals surface area contributed by atoms with Gasteiger partial charge in [-0.3, -0.25) is 4.99 Å². The molecule has 1 heterocycles. The van der Waals surface area contributed by atoms with E-state index in [2.05, 4.69) is 57.4 Å². The molecular weight excluding hydrogens is 236 g/mol. The Bertz CT molecular complexity index is 394. The van der Waals surface area contributed by atoms with Crippen LogP contribution in [0.4, 0.5) is 5.69 Å². The lowest BCUT2D eigenvalue weighted by atomic mass is 10.2. The number of para-hydroxylation sites is 1. The first kappa shape index (κ1) is 13.7. The van der Waals surface area contributed by atoms with E-state index in [1.165, 1.54) is 5.69 Å². The number of piperazine rings is 1. The van der Waals surface area contributed by atoms with Crippen molar-refractivity contribution in [1.29, 1.82) is 0 Å². The highest BCUT2D eigenvalue weighted by Gasteiger charge is 2.19. The van der Waals surface area contributed by atoms with E-state index in [0.717, 1.165) is 45.1 Å². The molecule has 0 spiro atoms. The standard InChI is InChI=1S/C15H24N4/c1-3-9-17-15(16-2)19-12-10-18(11-13-19)14-7-5-4-6-8-14/h4-8H,3,9-13H2,1-2H3,(H,16,17). The lowest BCUT2D eigenvalue weighted by molar-refractivity contribution is 0.373. The third-order valence-corrected chi connectivity index (χ3v) is 3.45. The second-order valence-electron chi connectivity index (χ2n) is 4.78. The molecule has 0 atom stereocenters. The summed E-state index contributed by atoms with van der Waals surface area (Å²) in [6.45, 7) is 7.32. The number of nitrogens with one attached hydrogen (secondary N) is 1. The van der Waals surface area contributed by atoms with Crippen molar-refractivity contribution in [2.75, 3.05) is 44.7 Å². The van der Waals surface area contributed by atoms with Crippen molar-refractivity contribution in [3.63, 3.8) is 0 Å². The van der Waals surface area contributed by atoms with Crippen molar-refractivity contribution in [3.8, 4) is 0 Å². The molecule has 0 aliphatic carbocycles. The molecule has 4 nitrogen and oxygen atoms in total. The van der Waals surface area contributed by atoms with Crippen molar-refractivity contribution in [1.82, 2.24) is 10.2 Å². The first-order chi connectivity index (χ1) is 9.35. The summed E-state index contributed by atoms with van der Waals surface area (Å²) in [5.74, 6) is 1.04. The molecule has 1 fully saturated rings. The van der Waals surface area contributed by atoms with Crippen LogP contribution in [-0.4, -0.2) is 50.6 Å². The summed E-state index contributed by atoms with van der Waals surface area (Å²) in [6, 6.07) is 10.6. The van der Waals surface area contributed by atoms with Crippen molar-refractivity contribution >= 4 is 11.6 Å². The summed E-state index contributed by atoms with van der Waals surface area (Å²) in [5.41, 5.74) is 1.32. The van der Waals surface area contributed by atoms with Crippen LogP contribution in [0.5, 0.6) is 0 Å². The molecule has 1 N–H and O–H groups in total. The predicted octanol–water partition coefficient (Wildman–Crippen LogP) is 1.79. The van der Waals surface area contributed by atoms with E-state index in [1.807, 2.05) is 7.05 Å². The van der Waals surface area contributed by atoms with Crippen LogP contribution in [0, 0.1) is 0 Å². The number of rotatable bonds is 3. The van der Waals surface area contributed by atoms with Gasteiger partial charge in [-0.25, -0.2) is 0 Å². The maximum Gasteiger partial charge on any atom is 0.193 e. The Morgan fingerprint density at radius 1 is 1.16 bits per heavy atom. The van der Waals surface area contributed by atoms with Crippen LogP contribution >= 0.6 is 0 Å². The van der Waals surface area contributed by atoms with E-state index in [-0.39, 0.29) is 0 Å². The average Bonchev–Trinajstić information content (AvgIpc) is 2.49. The molecule has 1 aliphatic heterocycles. The van der Waals surface area contributed by atoms with Gasteiger partial charge in [0.25, 0.3) is 0 Å². The molecule has 1 aromatic rings. The zero-order chi connectivity index (χ0) is 13.5. The lowest BCUT2D eigenvalue weighted by Crippen LogP contribution is -2.52. The minimum atomic E-state index is 0.992. The van der Waals surface area contributed by atoms with E-state index in [0.29, 0.717) is 0 Å². The van der Waals surface area contributed by atoms with E-state index < -0.39 is 0 Å². The first-order valence-corrected chi connectivity index (χ1v) is 7.10. The van der Waals surface area contributed by atoms with Gasteiger partial charge in [-0.15, -0.1) is 0 Å². The third-order valence-electron chi connectivity index (χ3n) is 3.45. The maximum atomic E-state index is 4.36. The molecular formula is C15H24N4. The quantitative estimate of drug-likeness (QED) is 0.664. The van der Waals surface area contributed by atoms with Gasteiger partial charge >= 0.3 is 0 Å². The number of anilines is 1. The lowest BCUT2D eigenvalue weighted by Gasteiger charge is -2.37. The van der Waals surface area contributed by atoms with Gasteiger partial charge < -0.3 is 15.1 Å². The zero-order valence-corrected chi connectivity index (χ0v) is 12.0. The van der Waals surface area contributed by atoms with Crippen molar-refractivity contribution in [3.05, 3.63) is 30.3 Å². The Morgan fingerprint density at radius 3 is 2.42 bits per heavy atom. The van der Waals surface area contributed by atoms with E-state index in [4.69, 9.17) is 0 Å². The van der Waals surface area contributed by atoms with E-state index >= 15 is 0 Å². The molecule has 0 amide bonds. The van der Waals surface area contributed by atoms with Crippen molar-refractivity contribution < 1.29 is 0 Å². The molecule has 0 unspecified atom stereocenters. The summed E-state index contributed by atoms with van der Waals surface area (Å²) in [4.78, 5) is 9.14. The SMILES string of the molecule is CCCNC(=NC)N1CCN(c2ccccc2)CC1. The molecule has 4 heteroatoms. The number of guanidine groups is 1.